The number of carbonyl (C=O) groups is 1. The van der Waals surface area contributed by atoms with Gasteiger partial charge in [-0.15, -0.1) is 0 Å². The summed E-state index contributed by atoms with van der Waals surface area (Å²) in [6, 6.07) is 8.73. The zero-order valence-corrected chi connectivity index (χ0v) is 14.8. The minimum Gasteiger partial charge on any atom is -0.351 e. The highest BCUT2D eigenvalue weighted by molar-refractivity contribution is 5.95. The second kappa shape index (κ2) is 8.27. The molecule has 1 heterocycles. The summed E-state index contributed by atoms with van der Waals surface area (Å²) in [6.07, 6.45) is 2.60. The molecule has 126 valence electrons. The third kappa shape index (κ3) is 5.19. The van der Waals surface area contributed by atoms with Crippen molar-refractivity contribution in [3.8, 4) is 0 Å². The molecule has 0 unspecified atom stereocenters. The van der Waals surface area contributed by atoms with Gasteiger partial charge < -0.3 is 10.2 Å². The van der Waals surface area contributed by atoms with Gasteiger partial charge in [0.1, 0.15) is 0 Å². The van der Waals surface area contributed by atoms with E-state index in [-0.39, 0.29) is 5.91 Å². The Bertz CT molecular complexity index is 550. The Labute approximate surface area is 140 Å². The molecule has 1 atom stereocenters. The standard InChI is InChI=1S/C19H29N3O/c1-5-16(17-8-6-15(2)7-9-17)12-19(23)20-13-18-14-21(3)10-11-22(18)4/h6-9,12,18H,5,10-11,13-14H2,1-4H3,(H,20,23)/b16-12-/t18-/m1/s1. The van der Waals surface area contributed by atoms with Gasteiger partial charge in [-0.3, -0.25) is 9.69 Å². The molecule has 1 aromatic rings. The van der Waals surface area contributed by atoms with E-state index in [4.69, 9.17) is 0 Å². The van der Waals surface area contributed by atoms with E-state index in [0.29, 0.717) is 12.6 Å². The van der Waals surface area contributed by atoms with Crippen molar-refractivity contribution in [2.24, 2.45) is 0 Å². The van der Waals surface area contributed by atoms with Crippen LogP contribution in [0.5, 0.6) is 0 Å². The van der Waals surface area contributed by atoms with Crippen molar-refractivity contribution in [1.82, 2.24) is 15.1 Å². The maximum Gasteiger partial charge on any atom is 0.244 e. The first-order valence-corrected chi connectivity index (χ1v) is 8.43. The normalized spacial score (nSPS) is 20.5. The minimum absolute atomic E-state index is 0.00375. The fraction of sp³-hybridized carbons (Fsp3) is 0.526. The number of hydrogen-bond donors (Lipinski definition) is 1. The van der Waals surface area contributed by atoms with Crippen molar-refractivity contribution < 1.29 is 4.79 Å². The quantitative estimate of drug-likeness (QED) is 0.846. The minimum atomic E-state index is 0.00375. The van der Waals surface area contributed by atoms with Crippen molar-refractivity contribution in [3.63, 3.8) is 0 Å². The number of likely N-dealkylation sites (N-methyl/N-ethyl adjacent to an activating group) is 2. The first-order valence-electron chi connectivity index (χ1n) is 8.43. The van der Waals surface area contributed by atoms with Crippen LogP contribution in [0.3, 0.4) is 0 Å². The predicted molar refractivity (Wildman–Crippen MR) is 96.4 cm³/mol. The third-order valence-electron chi connectivity index (χ3n) is 4.60. The van der Waals surface area contributed by atoms with Gasteiger partial charge in [-0.25, -0.2) is 0 Å². The molecule has 0 aromatic heterocycles. The lowest BCUT2D eigenvalue weighted by atomic mass is 10.0. The summed E-state index contributed by atoms with van der Waals surface area (Å²) < 4.78 is 0. The number of hydrogen-bond acceptors (Lipinski definition) is 3. The van der Waals surface area contributed by atoms with Crippen LogP contribution < -0.4 is 5.32 Å². The van der Waals surface area contributed by atoms with E-state index in [9.17, 15) is 4.79 Å². The second-order valence-corrected chi connectivity index (χ2v) is 6.53. The highest BCUT2D eigenvalue weighted by Gasteiger charge is 2.22. The largest absolute Gasteiger partial charge is 0.351 e. The predicted octanol–water partition coefficient (Wildman–Crippen LogP) is 2.15. The van der Waals surface area contributed by atoms with Gasteiger partial charge in [-0.1, -0.05) is 36.8 Å². The lowest BCUT2D eigenvalue weighted by molar-refractivity contribution is -0.116. The Balaban J connectivity index is 1.94. The number of aryl methyl sites for hydroxylation is 1. The monoisotopic (exact) mass is 315 g/mol. The molecule has 0 saturated carbocycles. The molecule has 1 saturated heterocycles. The molecule has 1 amide bonds. The summed E-state index contributed by atoms with van der Waals surface area (Å²) in [5.74, 6) is 0.00375. The molecule has 1 fully saturated rings. The Morgan fingerprint density at radius 2 is 1.96 bits per heavy atom. The smallest absolute Gasteiger partial charge is 0.244 e. The molecule has 0 spiro atoms. The zero-order valence-electron chi connectivity index (χ0n) is 14.8. The molecule has 1 N–H and O–H groups in total. The Hall–Kier alpha value is -1.65. The van der Waals surface area contributed by atoms with Gasteiger partial charge in [0.2, 0.25) is 5.91 Å². The van der Waals surface area contributed by atoms with E-state index in [0.717, 1.165) is 37.2 Å². The SMILES string of the molecule is CC/C(=C/C(=O)NC[C@@H]1CN(C)CCN1C)c1ccc(C)cc1. The molecular weight excluding hydrogens is 286 g/mol. The molecule has 0 radical (unpaired) electrons. The molecule has 23 heavy (non-hydrogen) atoms. The van der Waals surface area contributed by atoms with Crippen LogP contribution in [0.4, 0.5) is 0 Å². The fourth-order valence-electron chi connectivity index (χ4n) is 2.91. The number of nitrogens with zero attached hydrogens (tertiary/aromatic N) is 2. The first kappa shape index (κ1) is 17.7. The van der Waals surface area contributed by atoms with Crippen LogP contribution in [0.15, 0.2) is 30.3 Å². The molecule has 0 aliphatic carbocycles. The van der Waals surface area contributed by atoms with Crippen LogP contribution in [0.1, 0.15) is 24.5 Å². The van der Waals surface area contributed by atoms with Gasteiger partial charge in [-0.05, 0) is 38.6 Å². The molecule has 4 nitrogen and oxygen atoms in total. The average molecular weight is 315 g/mol. The molecule has 0 bridgehead atoms. The summed E-state index contributed by atoms with van der Waals surface area (Å²) in [5, 5.41) is 3.07. The number of allylic oxidation sites excluding steroid dienone is 1. The van der Waals surface area contributed by atoms with Crippen molar-refractivity contribution in [2.45, 2.75) is 26.3 Å². The van der Waals surface area contributed by atoms with Crippen LogP contribution >= 0.6 is 0 Å². The van der Waals surface area contributed by atoms with Crippen molar-refractivity contribution in [2.75, 3.05) is 40.3 Å². The number of benzene rings is 1. The van der Waals surface area contributed by atoms with E-state index in [1.54, 1.807) is 6.08 Å². The Morgan fingerprint density at radius 3 is 2.61 bits per heavy atom. The highest BCUT2D eigenvalue weighted by atomic mass is 16.1. The van der Waals surface area contributed by atoms with E-state index in [1.165, 1.54) is 5.56 Å². The van der Waals surface area contributed by atoms with E-state index in [1.807, 2.05) is 0 Å². The van der Waals surface area contributed by atoms with Gasteiger partial charge in [-0.2, -0.15) is 0 Å². The van der Waals surface area contributed by atoms with Crippen molar-refractivity contribution in [1.29, 1.82) is 0 Å². The van der Waals surface area contributed by atoms with Crippen LogP contribution in [-0.4, -0.2) is 62.0 Å². The van der Waals surface area contributed by atoms with Crippen LogP contribution in [-0.2, 0) is 4.79 Å². The zero-order chi connectivity index (χ0) is 16.8. The molecule has 1 aliphatic heterocycles. The lowest BCUT2D eigenvalue weighted by Gasteiger charge is -2.37. The summed E-state index contributed by atoms with van der Waals surface area (Å²) in [6.45, 7) is 8.00. The van der Waals surface area contributed by atoms with Gasteiger partial charge >= 0.3 is 0 Å². The van der Waals surface area contributed by atoms with Crippen LogP contribution in [0.2, 0.25) is 0 Å². The second-order valence-electron chi connectivity index (χ2n) is 6.53. The topological polar surface area (TPSA) is 35.6 Å². The number of nitrogens with one attached hydrogen (secondary N) is 1. The summed E-state index contributed by atoms with van der Waals surface area (Å²) in [5.41, 5.74) is 3.44. The molecule has 2 rings (SSSR count). The highest BCUT2D eigenvalue weighted by Crippen LogP contribution is 2.18. The summed E-state index contributed by atoms with van der Waals surface area (Å²) in [4.78, 5) is 16.9. The maximum absolute atomic E-state index is 12.3. The van der Waals surface area contributed by atoms with E-state index < -0.39 is 0 Å². The lowest BCUT2D eigenvalue weighted by Crippen LogP contribution is -2.54. The summed E-state index contributed by atoms with van der Waals surface area (Å²) >= 11 is 0. The van der Waals surface area contributed by atoms with Crippen molar-refractivity contribution >= 4 is 11.5 Å². The third-order valence-corrected chi connectivity index (χ3v) is 4.60. The van der Waals surface area contributed by atoms with Gasteiger partial charge in [0.25, 0.3) is 0 Å². The molecule has 1 aliphatic rings. The van der Waals surface area contributed by atoms with Gasteiger partial charge in [0, 0.05) is 38.3 Å². The van der Waals surface area contributed by atoms with Gasteiger partial charge in [0.15, 0.2) is 0 Å². The van der Waals surface area contributed by atoms with E-state index in [2.05, 4.69) is 67.3 Å². The molecule has 1 aromatic carbocycles. The Morgan fingerprint density at radius 1 is 1.26 bits per heavy atom. The van der Waals surface area contributed by atoms with E-state index >= 15 is 0 Å². The van der Waals surface area contributed by atoms with Gasteiger partial charge in [0.05, 0.1) is 0 Å². The number of rotatable bonds is 5. The average Bonchev–Trinajstić information content (AvgIpc) is 2.54. The molecule has 4 heteroatoms. The molecular formula is C19H29N3O. The first-order chi connectivity index (χ1) is 11.0. The number of amides is 1. The van der Waals surface area contributed by atoms with Crippen LogP contribution in [0, 0.1) is 6.92 Å². The number of piperazine rings is 1. The Kier molecular flexibility index (Phi) is 6.37. The summed E-state index contributed by atoms with van der Waals surface area (Å²) in [7, 11) is 4.26. The van der Waals surface area contributed by atoms with Crippen molar-refractivity contribution in [3.05, 3.63) is 41.5 Å². The fourth-order valence-corrected chi connectivity index (χ4v) is 2.91. The number of carbonyl (C=O) groups excluding carboxylic acids is 1. The van der Waals surface area contributed by atoms with Crippen LogP contribution in [0.25, 0.3) is 5.57 Å². The maximum atomic E-state index is 12.3.